The summed E-state index contributed by atoms with van der Waals surface area (Å²) in [5.41, 5.74) is 0.529. The van der Waals surface area contributed by atoms with E-state index in [1.807, 2.05) is 0 Å². The summed E-state index contributed by atoms with van der Waals surface area (Å²) >= 11 is 0. The van der Waals surface area contributed by atoms with Crippen molar-refractivity contribution in [3.63, 3.8) is 0 Å². The molecule has 3 rings (SSSR count). The number of carbonyl (C=O) groups excluding carboxylic acids is 4. The number of hydrogen-bond donors (Lipinski definition) is 0. The lowest BCUT2D eigenvalue weighted by Gasteiger charge is -2.10. The molecule has 0 saturated heterocycles. The Kier molecular flexibility index (Phi) is 27.3. The maximum Gasteiger partial charge on any atom is 0.343 e. The zero-order valence-electron chi connectivity index (χ0n) is 37.3. The molecule has 3 aromatic rings. The van der Waals surface area contributed by atoms with Crippen LogP contribution in [0.1, 0.15) is 162 Å². The Morgan fingerprint density at radius 3 is 1.08 bits per heavy atom. The van der Waals surface area contributed by atoms with Gasteiger partial charge in [-0.2, -0.15) is 0 Å². The normalized spacial score (nSPS) is 10.7. The number of unbranched alkanes of at least 4 members (excludes halogenated alkanes) is 20. The van der Waals surface area contributed by atoms with Crippen LogP contribution in [-0.2, 0) is 19.1 Å². The Morgan fingerprint density at radius 2 is 0.730 bits per heavy atom. The van der Waals surface area contributed by atoms with E-state index < -0.39 is 17.8 Å². The average molecular weight is 873 g/mol. The second-order valence-corrected chi connectivity index (χ2v) is 15.6. The molecule has 0 aromatic heterocycles. The molecule has 0 N–H and O–H groups in total. The van der Waals surface area contributed by atoms with E-state index in [0.717, 1.165) is 57.4 Å². The van der Waals surface area contributed by atoms with Gasteiger partial charge in [0.2, 0.25) is 0 Å². The summed E-state index contributed by atoms with van der Waals surface area (Å²) in [4.78, 5) is 47.5. The molecule has 0 aliphatic rings. The number of carbonyl (C=O) groups is 4. The van der Waals surface area contributed by atoms with E-state index in [2.05, 4.69) is 13.2 Å². The Morgan fingerprint density at radius 1 is 0.413 bits per heavy atom. The molecular formula is C52H69FO10. The lowest BCUT2D eigenvalue weighted by molar-refractivity contribution is -0.138. The highest BCUT2D eigenvalue weighted by Crippen LogP contribution is 2.25. The molecule has 344 valence electrons. The average Bonchev–Trinajstić information content (AvgIpc) is 3.29. The number of halogens is 1. The van der Waals surface area contributed by atoms with Gasteiger partial charge in [0, 0.05) is 18.2 Å². The highest BCUT2D eigenvalue weighted by Gasteiger charge is 2.16. The minimum absolute atomic E-state index is 0.0230. The second kappa shape index (κ2) is 33.2. The molecule has 0 aliphatic heterocycles. The standard InChI is InChI=1S/C52H69FO10/c1-3-49(54)60-39-25-21-17-13-9-5-7-11-15-19-23-37-58-44-31-27-42(28-32-44)51(56)62-46-35-36-48(47(53)41-46)63-52(57)43-29-33-45(34-30-43)59-38-24-20-16-12-8-6-10-14-18-22-26-40-61-50(55)4-2/h3-4,27-36,41H,1-2,5-26,37-40H2. The molecule has 0 heterocycles. The topological polar surface area (TPSA) is 124 Å². The molecule has 0 radical (unpaired) electrons. The van der Waals surface area contributed by atoms with Crippen molar-refractivity contribution < 1.29 is 52.0 Å². The van der Waals surface area contributed by atoms with Gasteiger partial charge in [0.15, 0.2) is 11.6 Å². The third kappa shape index (κ3) is 24.1. The Balaban J connectivity index is 1.20. The molecule has 10 nitrogen and oxygen atoms in total. The van der Waals surface area contributed by atoms with Crippen LogP contribution in [0, 0.1) is 5.82 Å². The van der Waals surface area contributed by atoms with E-state index in [4.69, 9.17) is 28.4 Å². The van der Waals surface area contributed by atoms with Crippen molar-refractivity contribution in [1.82, 2.24) is 0 Å². The van der Waals surface area contributed by atoms with Crippen LogP contribution in [0.2, 0.25) is 0 Å². The number of esters is 4. The van der Waals surface area contributed by atoms with Crippen LogP contribution in [0.4, 0.5) is 4.39 Å². The maximum absolute atomic E-state index is 14.9. The minimum atomic E-state index is -0.844. The Labute approximate surface area is 374 Å². The van der Waals surface area contributed by atoms with Crippen LogP contribution < -0.4 is 18.9 Å². The first-order valence-corrected chi connectivity index (χ1v) is 23.1. The van der Waals surface area contributed by atoms with Crippen molar-refractivity contribution >= 4 is 23.9 Å². The second-order valence-electron chi connectivity index (χ2n) is 15.6. The highest BCUT2D eigenvalue weighted by molar-refractivity contribution is 5.92. The fourth-order valence-corrected chi connectivity index (χ4v) is 6.76. The third-order valence-electron chi connectivity index (χ3n) is 10.4. The van der Waals surface area contributed by atoms with E-state index >= 15 is 0 Å². The summed E-state index contributed by atoms with van der Waals surface area (Å²) < 4.78 is 47.2. The Hall–Kier alpha value is -5.45. The summed E-state index contributed by atoms with van der Waals surface area (Å²) in [6, 6.07) is 16.8. The monoisotopic (exact) mass is 872 g/mol. The number of rotatable bonds is 36. The van der Waals surface area contributed by atoms with Gasteiger partial charge in [0.1, 0.15) is 17.2 Å². The van der Waals surface area contributed by atoms with E-state index in [1.54, 1.807) is 48.5 Å². The van der Waals surface area contributed by atoms with Crippen molar-refractivity contribution in [2.24, 2.45) is 0 Å². The predicted octanol–water partition coefficient (Wildman–Crippen LogP) is 13.1. The van der Waals surface area contributed by atoms with Gasteiger partial charge in [0.05, 0.1) is 37.6 Å². The fourth-order valence-electron chi connectivity index (χ4n) is 6.76. The summed E-state index contributed by atoms with van der Waals surface area (Å²) in [5, 5.41) is 0. The number of hydrogen-bond acceptors (Lipinski definition) is 10. The summed E-state index contributed by atoms with van der Waals surface area (Å²) in [5.74, 6) is -1.94. The summed E-state index contributed by atoms with van der Waals surface area (Å²) in [6.07, 6.45) is 27.4. The van der Waals surface area contributed by atoms with Gasteiger partial charge in [-0.1, -0.05) is 129 Å². The first kappa shape index (κ1) is 51.9. The van der Waals surface area contributed by atoms with E-state index in [0.29, 0.717) is 37.9 Å². The number of ether oxygens (including phenoxy) is 6. The molecule has 0 fully saturated rings. The van der Waals surface area contributed by atoms with E-state index in [1.165, 1.54) is 114 Å². The number of benzene rings is 3. The van der Waals surface area contributed by atoms with Crippen molar-refractivity contribution in [2.75, 3.05) is 26.4 Å². The van der Waals surface area contributed by atoms with E-state index in [-0.39, 0.29) is 34.6 Å². The van der Waals surface area contributed by atoms with Gasteiger partial charge in [-0.25, -0.2) is 23.6 Å². The van der Waals surface area contributed by atoms with Crippen LogP contribution >= 0.6 is 0 Å². The molecule has 0 saturated carbocycles. The van der Waals surface area contributed by atoms with Crippen molar-refractivity contribution in [2.45, 2.75) is 141 Å². The predicted molar refractivity (Wildman–Crippen MR) is 244 cm³/mol. The molecule has 0 unspecified atom stereocenters. The van der Waals surface area contributed by atoms with Crippen molar-refractivity contribution in [3.8, 4) is 23.0 Å². The van der Waals surface area contributed by atoms with Crippen LogP contribution in [0.15, 0.2) is 92.0 Å². The largest absolute Gasteiger partial charge is 0.494 e. The lowest BCUT2D eigenvalue weighted by atomic mass is 10.1. The van der Waals surface area contributed by atoms with Crippen LogP contribution in [0.25, 0.3) is 0 Å². The van der Waals surface area contributed by atoms with Crippen molar-refractivity contribution in [3.05, 3.63) is 109 Å². The van der Waals surface area contributed by atoms with Gasteiger partial charge >= 0.3 is 23.9 Å². The third-order valence-corrected chi connectivity index (χ3v) is 10.4. The van der Waals surface area contributed by atoms with Gasteiger partial charge in [-0.05, 0) is 86.3 Å². The molecule has 11 heteroatoms. The zero-order chi connectivity index (χ0) is 45.2. The molecule has 0 spiro atoms. The van der Waals surface area contributed by atoms with Gasteiger partial charge in [-0.3, -0.25) is 0 Å². The van der Waals surface area contributed by atoms with Gasteiger partial charge < -0.3 is 28.4 Å². The smallest absolute Gasteiger partial charge is 0.343 e. The Bertz CT molecular complexity index is 1770. The maximum atomic E-state index is 14.9. The van der Waals surface area contributed by atoms with Crippen LogP contribution in [0.3, 0.4) is 0 Å². The molecule has 3 aromatic carbocycles. The first-order valence-electron chi connectivity index (χ1n) is 23.1. The molecule has 0 amide bonds. The quantitative estimate of drug-likeness (QED) is 0.0241. The lowest BCUT2D eigenvalue weighted by Crippen LogP contribution is -2.11. The van der Waals surface area contributed by atoms with Crippen LogP contribution in [0.5, 0.6) is 23.0 Å². The zero-order valence-corrected chi connectivity index (χ0v) is 37.3. The molecule has 0 bridgehead atoms. The highest BCUT2D eigenvalue weighted by atomic mass is 19.1. The van der Waals surface area contributed by atoms with Crippen molar-refractivity contribution in [1.29, 1.82) is 0 Å². The summed E-state index contributed by atoms with van der Waals surface area (Å²) in [6.45, 7) is 8.90. The fraction of sp³-hybridized carbons (Fsp3) is 0.500. The van der Waals surface area contributed by atoms with Gasteiger partial charge in [-0.15, -0.1) is 0 Å². The SMILES string of the molecule is C=CC(=O)OCCCCCCCCCCCCCOc1ccc(C(=O)Oc2ccc(OC(=O)c3ccc(OCCCCCCCCCCCCCOC(=O)C=C)cc3)c(F)c2)cc1. The van der Waals surface area contributed by atoms with Crippen LogP contribution in [-0.4, -0.2) is 50.3 Å². The minimum Gasteiger partial charge on any atom is -0.494 e. The molecule has 0 atom stereocenters. The van der Waals surface area contributed by atoms with E-state index in [9.17, 15) is 23.6 Å². The van der Waals surface area contributed by atoms with Gasteiger partial charge in [0.25, 0.3) is 0 Å². The summed E-state index contributed by atoms with van der Waals surface area (Å²) in [7, 11) is 0. The molecule has 0 aliphatic carbocycles. The first-order chi connectivity index (χ1) is 30.8. The molecule has 63 heavy (non-hydrogen) atoms. The molecular weight excluding hydrogens is 804 g/mol.